The molecule has 0 aliphatic rings. The van der Waals surface area contributed by atoms with Crippen molar-refractivity contribution in [2.75, 3.05) is 0 Å². The van der Waals surface area contributed by atoms with Gasteiger partial charge >= 0.3 is 5.97 Å². The molecule has 0 amide bonds. The molecular weight excluding hydrogens is 264 g/mol. The van der Waals surface area contributed by atoms with Crippen LogP contribution in [0.1, 0.15) is 41.5 Å². The van der Waals surface area contributed by atoms with Gasteiger partial charge in [-0.05, 0) is 29.3 Å². The largest absolute Gasteiger partial charge is 0.478 e. The van der Waals surface area contributed by atoms with Crippen molar-refractivity contribution in [3.63, 3.8) is 0 Å². The van der Waals surface area contributed by atoms with Crippen molar-refractivity contribution in [1.29, 1.82) is 0 Å². The third-order valence-corrected chi connectivity index (χ3v) is 3.25. The third-order valence-electron chi connectivity index (χ3n) is 3.25. The second-order valence-electron chi connectivity index (χ2n) is 6.05. The Labute approximate surface area is 124 Å². The van der Waals surface area contributed by atoms with Gasteiger partial charge in [0.1, 0.15) is 0 Å². The average Bonchev–Trinajstić information content (AvgIpc) is 2.45. The van der Waals surface area contributed by atoms with Gasteiger partial charge in [-0.1, -0.05) is 51.1 Å². The van der Waals surface area contributed by atoms with E-state index in [0.717, 1.165) is 11.1 Å². The van der Waals surface area contributed by atoms with Gasteiger partial charge in [0.25, 0.3) is 0 Å². The molecule has 0 aliphatic carbocycles. The maximum Gasteiger partial charge on any atom is 0.335 e. The Bertz CT molecular complexity index is 694. The first-order valence-electron chi connectivity index (χ1n) is 6.77. The Balaban J connectivity index is 2.45. The van der Waals surface area contributed by atoms with Crippen molar-refractivity contribution in [1.82, 2.24) is 0 Å². The van der Waals surface area contributed by atoms with Crippen LogP contribution in [0.15, 0.2) is 48.5 Å². The highest BCUT2D eigenvalue weighted by Gasteiger charge is 2.22. The Morgan fingerprint density at radius 3 is 1.81 bits per heavy atom. The molecule has 0 aromatic heterocycles. The van der Waals surface area contributed by atoms with Crippen molar-refractivity contribution in [2.24, 2.45) is 5.41 Å². The number of carbonyl (C=O) groups is 2. The van der Waals surface area contributed by atoms with Crippen LogP contribution in [-0.2, 0) is 0 Å². The van der Waals surface area contributed by atoms with Crippen LogP contribution in [0.5, 0.6) is 0 Å². The van der Waals surface area contributed by atoms with Gasteiger partial charge in [-0.3, -0.25) is 4.79 Å². The lowest BCUT2D eigenvalue weighted by Gasteiger charge is -2.17. The molecule has 0 spiro atoms. The van der Waals surface area contributed by atoms with Crippen LogP contribution >= 0.6 is 0 Å². The number of carboxylic acid groups (broad SMARTS) is 1. The molecule has 0 aliphatic heterocycles. The van der Waals surface area contributed by atoms with Crippen molar-refractivity contribution in [3.8, 4) is 11.1 Å². The summed E-state index contributed by atoms with van der Waals surface area (Å²) < 4.78 is 0. The van der Waals surface area contributed by atoms with Crippen LogP contribution in [0.3, 0.4) is 0 Å². The van der Waals surface area contributed by atoms with Crippen LogP contribution in [0.25, 0.3) is 11.1 Å². The second kappa shape index (κ2) is 5.52. The minimum absolute atomic E-state index is 0.0683. The van der Waals surface area contributed by atoms with Crippen molar-refractivity contribution >= 4 is 11.8 Å². The van der Waals surface area contributed by atoms with E-state index in [2.05, 4.69) is 0 Å². The first-order valence-corrected chi connectivity index (χ1v) is 6.77. The molecule has 0 bridgehead atoms. The number of carbonyl (C=O) groups excluding carboxylic acids is 1. The molecule has 2 aromatic carbocycles. The molecule has 0 unspecified atom stereocenters. The molecule has 0 radical (unpaired) electrons. The van der Waals surface area contributed by atoms with Crippen LogP contribution < -0.4 is 0 Å². The fourth-order valence-corrected chi connectivity index (χ4v) is 2.10. The van der Waals surface area contributed by atoms with Crippen LogP contribution in [-0.4, -0.2) is 16.9 Å². The van der Waals surface area contributed by atoms with E-state index in [1.165, 1.54) is 0 Å². The van der Waals surface area contributed by atoms with E-state index in [1.807, 2.05) is 45.0 Å². The van der Waals surface area contributed by atoms with Gasteiger partial charge in [0.2, 0.25) is 0 Å². The van der Waals surface area contributed by atoms with E-state index in [-0.39, 0.29) is 11.3 Å². The predicted octanol–water partition coefficient (Wildman–Crippen LogP) is 4.28. The minimum Gasteiger partial charge on any atom is -0.478 e. The molecule has 0 saturated heterocycles. The summed E-state index contributed by atoms with van der Waals surface area (Å²) >= 11 is 0. The summed E-state index contributed by atoms with van der Waals surface area (Å²) in [6.07, 6.45) is 0. The maximum absolute atomic E-state index is 12.3. The Morgan fingerprint density at radius 1 is 0.857 bits per heavy atom. The zero-order chi connectivity index (χ0) is 15.6. The van der Waals surface area contributed by atoms with E-state index in [1.54, 1.807) is 24.3 Å². The van der Waals surface area contributed by atoms with Crippen LogP contribution in [0, 0.1) is 5.41 Å². The highest BCUT2D eigenvalue weighted by atomic mass is 16.4. The van der Waals surface area contributed by atoms with Gasteiger partial charge in [0, 0.05) is 11.0 Å². The van der Waals surface area contributed by atoms with E-state index in [0.29, 0.717) is 5.56 Å². The third kappa shape index (κ3) is 3.37. The molecule has 0 atom stereocenters. The number of aromatic carboxylic acids is 1. The lowest BCUT2D eigenvalue weighted by molar-refractivity contribution is 0.0696. The number of Topliss-reactive ketones (excluding diaryl/α,β-unsaturated/α-hetero) is 1. The number of benzene rings is 2. The maximum atomic E-state index is 12.3. The number of hydrogen-bond donors (Lipinski definition) is 1. The first-order chi connectivity index (χ1) is 9.79. The number of rotatable bonds is 3. The summed E-state index contributed by atoms with van der Waals surface area (Å²) in [5, 5.41) is 9.05. The quantitative estimate of drug-likeness (QED) is 0.855. The predicted molar refractivity (Wildman–Crippen MR) is 82.6 cm³/mol. The summed E-state index contributed by atoms with van der Waals surface area (Å²) in [7, 11) is 0. The summed E-state index contributed by atoms with van der Waals surface area (Å²) in [5.74, 6) is -0.891. The molecule has 21 heavy (non-hydrogen) atoms. The minimum atomic E-state index is -0.959. The standard InChI is InChI=1S/C18H18O3/c1-18(2,3)16(19)14-8-4-6-12(10-14)13-7-5-9-15(11-13)17(20)21/h4-11H,1-3H3,(H,20,21). The SMILES string of the molecule is CC(C)(C)C(=O)c1cccc(-c2cccc(C(=O)O)c2)c1. The smallest absolute Gasteiger partial charge is 0.335 e. The average molecular weight is 282 g/mol. The fraction of sp³-hybridized carbons (Fsp3) is 0.222. The van der Waals surface area contributed by atoms with Gasteiger partial charge < -0.3 is 5.11 Å². The highest BCUT2D eigenvalue weighted by molar-refractivity contribution is 6.00. The van der Waals surface area contributed by atoms with E-state index in [4.69, 9.17) is 5.11 Å². The van der Waals surface area contributed by atoms with Gasteiger partial charge in [0.15, 0.2) is 5.78 Å². The van der Waals surface area contributed by atoms with Crippen molar-refractivity contribution in [3.05, 3.63) is 59.7 Å². The molecule has 0 heterocycles. The molecular formula is C18H18O3. The number of hydrogen-bond acceptors (Lipinski definition) is 2. The monoisotopic (exact) mass is 282 g/mol. The fourth-order valence-electron chi connectivity index (χ4n) is 2.10. The van der Waals surface area contributed by atoms with Gasteiger partial charge in [-0.25, -0.2) is 4.79 Å². The highest BCUT2D eigenvalue weighted by Crippen LogP contribution is 2.26. The molecule has 3 heteroatoms. The first kappa shape index (κ1) is 15.0. The molecule has 3 nitrogen and oxygen atoms in total. The van der Waals surface area contributed by atoms with Crippen LogP contribution in [0.4, 0.5) is 0 Å². The van der Waals surface area contributed by atoms with Crippen LogP contribution in [0.2, 0.25) is 0 Å². The molecule has 2 aromatic rings. The Hall–Kier alpha value is -2.42. The van der Waals surface area contributed by atoms with E-state index < -0.39 is 11.4 Å². The van der Waals surface area contributed by atoms with Gasteiger partial charge in [-0.2, -0.15) is 0 Å². The topological polar surface area (TPSA) is 54.4 Å². The lowest BCUT2D eigenvalue weighted by Crippen LogP contribution is -2.20. The molecule has 0 fully saturated rings. The summed E-state index contributed by atoms with van der Waals surface area (Å²) in [5.41, 5.74) is 2.06. The molecule has 108 valence electrons. The normalized spacial score (nSPS) is 11.2. The lowest BCUT2D eigenvalue weighted by atomic mass is 9.85. The molecule has 2 rings (SSSR count). The summed E-state index contributed by atoms with van der Waals surface area (Å²) in [6, 6.07) is 14.0. The van der Waals surface area contributed by atoms with Crippen molar-refractivity contribution < 1.29 is 14.7 Å². The van der Waals surface area contributed by atoms with Crippen molar-refractivity contribution in [2.45, 2.75) is 20.8 Å². The molecule has 0 saturated carbocycles. The molecule has 1 N–H and O–H groups in total. The number of ketones is 1. The van der Waals surface area contributed by atoms with E-state index in [9.17, 15) is 9.59 Å². The van der Waals surface area contributed by atoms with Gasteiger partial charge in [0.05, 0.1) is 5.56 Å². The zero-order valence-corrected chi connectivity index (χ0v) is 12.4. The summed E-state index contributed by atoms with van der Waals surface area (Å²) in [4.78, 5) is 23.4. The Morgan fingerprint density at radius 2 is 1.33 bits per heavy atom. The number of carboxylic acids is 1. The zero-order valence-electron chi connectivity index (χ0n) is 12.4. The Kier molecular flexibility index (Phi) is 3.94. The van der Waals surface area contributed by atoms with E-state index >= 15 is 0 Å². The summed E-state index contributed by atoms with van der Waals surface area (Å²) in [6.45, 7) is 5.65. The second-order valence-corrected chi connectivity index (χ2v) is 6.05. The van der Waals surface area contributed by atoms with Gasteiger partial charge in [-0.15, -0.1) is 0 Å².